The fourth-order valence-electron chi connectivity index (χ4n) is 3.51. The van der Waals surface area contributed by atoms with Crippen molar-refractivity contribution in [1.29, 1.82) is 0 Å². The third-order valence-corrected chi connectivity index (χ3v) is 4.86. The molecule has 1 amide bonds. The number of carboxylic acids is 1. The number of carbonyl (C=O) groups excluding carboxylic acids is 1. The summed E-state index contributed by atoms with van der Waals surface area (Å²) in [6.45, 7) is 0.459. The van der Waals surface area contributed by atoms with Gasteiger partial charge in [-0.25, -0.2) is 14.6 Å². The third kappa shape index (κ3) is 3.10. The largest absolute Gasteiger partial charge is 0.493 e. The number of ether oxygens (including phenoxy) is 2. The number of carboxylic acid groups (broad SMARTS) is 1. The Morgan fingerprint density at radius 2 is 2.03 bits per heavy atom. The molecule has 1 radical (unpaired) electrons. The second-order valence-corrected chi connectivity index (χ2v) is 6.55. The number of hydrogen-bond acceptors (Lipinski definition) is 7. The number of nitrogens with one attached hydrogen (secondary N) is 1. The number of aromatic nitrogens is 4. The molecule has 1 atom stereocenters. The molecule has 29 heavy (non-hydrogen) atoms. The predicted octanol–water partition coefficient (Wildman–Crippen LogP) is 1.22. The van der Waals surface area contributed by atoms with Crippen LogP contribution in [0.5, 0.6) is 11.5 Å². The molecular weight excluding hydrogens is 380 g/mol. The van der Waals surface area contributed by atoms with E-state index in [0.29, 0.717) is 47.7 Å². The van der Waals surface area contributed by atoms with E-state index in [2.05, 4.69) is 21.1 Å². The summed E-state index contributed by atoms with van der Waals surface area (Å²) in [5.41, 5.74) is 6.96. The molecule has 1 fully saturated rings. The van der Waals surface area contributed by atoms with Gasteiger partial charge in [0.15, 0.2) is 17.3 Å². The van der Waals surface area contributed by atoms with Crippen molar-refractivity contribution >= 4 is 28.9 Å². The number of H-pyrrole nitrogens is 1. The first-order chi connectivity index (χ1) is 13.9. The van der Waals surface area contributed by atoms with Gasteiger partial charge in [-0.2, -0.15) is 9.78 Å². The SMILES string of the molecule is COc1cc2nc(-c3[c]c(N4CCCC4C(=O)O)n(C(N)=O)n3)[nH]c2cc1OC. The number of hydrogen-bond donors (Lipinski definition) is 3. The number of fused-ring (bicyclic) bond motifs is 1. The van der Waals surface area contributed by atoms with Gasteiger partial charge in [0.05, 0.1) is 31.3 Å². The molecule has 1 aromatic carbocycles. The average Bonchev–Trinajstić information content (AvgIpc) is 3.42. The van der Waals surface area contributed by atoms with Crippen LogP contribution in [0.1, 0.15) is 12.8 Å². The molecule has 4 N–H and O–H groups in total. The van der Waals surface area contributed by atoms with Crippen molar-refractivity contribution in [2.24, 2.45) is 5.73 Å². The summed E-state index contributed by atoms with van der Waals surface area (Å²) in [6, 6.07) is 4.82. The van der Waals surface area contributed by atoms with Gasteiger partial charge in [-0.15, -0.1) is 0 Å². The van der Waals surface area contributed by atoms with Gasteiger partial charge in [-0.3, -0.25) is 0 Å². The Kier molecular flexibility index (Phi) is 4.49. The van der Waals surface area contributed by atoms with Gasteiger partial charge in [0.25, 0.3) is 0 Å². The Bertz CT molecular complexity index is 1060. The first-order valence-corrected chi connectivity index (χ1v) is 8.86. The van der Waals surface area contributed by atoms with Crippen LogP contribution in [0.15, 0.2) is 12.1 Å². The number of methoxy groups -OCH3 is 2. The molecule has 0 aliphatic carbocycles. The van der Waals surface area contributed by atoms with Gasteiger partial charge in [0.1, 0.15) is 17.6 Å². The Hall–Kier alpha value is -3.76. The summed E-state index contributed by atoms with van der Waals surface area (Å²) in [6.07, 6.45) is 1.14. The van der Waals surface area contributed by atoms with Crippen LogP contribution in [0, 0.1) is 6.07 Å². The highest BCUT2D eigenvalue weighted by atomic mass is 16.5. The molecule has 1 saturated heterocycles. The maximum absolute atomic E-state index is 11.9. The number of aliphatic carboxylic acids is 1. The predicted molar refractivity (Wildman–Crippen MR) is 102 cm³/mol. The van der Waals surface area contributed by atoms with Crippen molar-refractivity contribution in [2.45, 2.75) is 18.9 Å². The maximum atomic E-state index is 11.9. The Morgan fingerprint density at radius 1 is 1.31 bits per heavy atom. The highest BCUT2D eigenvalue weighted by molar-refractivity contribution is 5.85. The fourth-order valence-corrected chi connectivity index (χ4v) is 3.51. The number of rotatable bonds is 5. The zero-order valence-electron chi connectivity index (χ0n) is 15.8. The maximum Gasteiger partial charge on any atom is 0.341 e. The van der Waals surface area contributed by atoms with Crippen LogP contribution >= 0.6 is 0 Å². The Balaban J connectivity index is 1.79. The van der Waals surface area contributed by atoms with E-state index < -0.39 is 18.0 Å². The summed E-state index contributed by atoms with van der Waals surface area (Å²) in [4.78, 5) is 32.6. The minimum absolute atomic E-state index is 0.202. The van der Waals surface area contributed by atoms with E-state index in [-0.39, 0.29) is 11.5 Å². The van der Waals surface area contributed by atoms with E-state index in [1.165, 1.54) is 14.2 Å². The first kappa shape index (κ1) is 18.6. The van der Waals surface area contributed by atoms with Gasteiger partial charge in [-0.05, 0) is 12.8 Å². The second kappa shape index (κ2) is 7.00. The van der Waals surface area contributed by atoms with Crippen molar-refractivity contribution in [3.05, 3.63) is 18.2 Å². The van der Waals surface area contributed by atoms with E-state index in [9.17, 15) is 14.7 Å². The third-order valence-electron chi connectivity index (χ3n) is 4.86. The minimum Gasteiger partial charge on any atom is -0.493 e. The summed E-state index contributed by atoms with van der Waals surface area (Å²) >= 11 is 0. The summed E-state index contributed by atoms with van der Waals surface area (Å²) < 4.78 is 11.5. The monoisotopic (exact) mass is 399 g/mol. The van der Waals surface area contributed by atoms with Gasteiger partial charge in [-0.1, -0.05) is 0 Å². The van der Waals surface area contributed by atoms with Crippen molar-refractivity contribution in [2.75, 3.05) is 25.7 Å². The molecular formula is C18H19N6O5. The summed E-state index contributed by atoms with van der Waals surface area (Å²) in [5, 5.41) is 13.6. The quantitative estimate of drug-likeness (QED) is 0.580. The molecule has 11 heteroatoms. The zero-order valence-corrected chi connectivity index (χ0v) is 15.8. The lowest BCUT2D eigenvalue weighted by atomic mass is 10.2. The highest BCUT2D eigenvalue weighted by Gasteiger charge is 2.34. The van der Waals surface area contributed by atoms with Gasteiger partial charge in [0, 0.05) is 18.7 Å². The zero-order chi connectivity index (χ0) is 20.7. The second-order valence-electron chi connectivity index (χ2n) is 6.55. The van der Waals surface area contributed by atoms with Crippen molar-refractivity contribution in [3.8, 4) is 23.0 Å². The molecule has 0 spiro atoms. The van der Waals surface area contributed by atoms with Crippen LogP contribution < -0.4 is 20.1 Å². The molecule has 3 heterocycles. The van der Waals surface area contributed by atoms with Gasteiger partial charge < -0.3 is 30.2 Å². The van der Waals surface area contributed by atoms with Crippen molar-refractivity contribution < 1.29 is 24.2 Å². The van der Waals surface area contributed by atoms with Crippen LogP contribution in [-0.4, -0.2) is 63.7 Å². The fraction of sp³-hybridized carbons (Fsp3) is 0.333. The molecule has 0 saturated carbocycles. The number of nitrogens with two attached hydrogens (primary N) is 1. The topological polar surface area (TPSA) is 149 Å². The summed E-state index contributed by atoms with van der Waals surface area (Å²) in [5.74, 6) is 0.629. The molecule has 1 unspecified atom stereocenters. The van der Waals surface area contributed by atoms with Crippen molar-refractivity contribution in [3.63, 3.8) is 0 Å². The molecule has 11 nitrogen and oxygen atoms in total. The molecule has 2 aromatic heterocycles. The number of primary amides is 1. The van der Waals surface area contributed by atoms with Crippen LogP contribution in [0.3, 0.4) is 0 Å². The smallest absolute Gasteiger partial charge is 0.341 e. The van der Waals surface area contributed by atoms with Gasteiger partial charge in [0.2, 0.25) is 0 Å². The van der Waals surface area contributed by atoms with E-state index >= 15 is 0 Å². The standard InChI is InChI=1S/C18H19N6O5/c1-28-13-6-9-10(7-14(13)29-2)21-16(20-9)11-8-15(24(22-11)18(19)27)23-5-3-4-12(23)17(25)26/h6-7,12H,3-5H2,1-2H3,(H2,19,27)(H,20,21)(H,25,26). The molecule has 1 aliphatic rings. The van der Waals surface area contributed by atoms with Crippen LogP contribution in [0.25, 0.3) is 22.6 Å². The normalized spacial score (nSPS) is 16.3. The van der Waals surface area contributed by atoms with Crippen LogP contribution in [-0.2, 0) is 4.79 Å². The number of amides is 1. The molecule has 4 rings (SSSR count). The number of benzene rings is 1. The lowest BCUT2D eigenvalue weighted by Gasteiger charge is -2.22. The lowest BCUT2D eigenvalue weighted by Crippen LogP contribution is -2.38. The average molecular weight is 399 g/mol. The van der Waals surface area contributed by atoms with Gasteiger partial charge >= 0.3 is 12.0 Å². The molecule has 151 valence electrons. The van der Waals surface area contributed by atoms with Crippen LogP contribution in [0.4, 0.5) is 10.6 Å². The first-order valence-electron chi connectivity index (χ1n) is 8.86. The van der Waals surface area contributed by atoms with Crippen molar-refractivity contribution in [1.82, 2.24) is 19.7 Å². The highest BCUT2D eigenvalue weighted by Crippen LogP contribution is 2.33. The number of imidazole rings is 1. The molecule has 1 aliphatic heterocycles. The molecule has 3 aromatic rings. The van der Waals surface area contributed by atoms with E-state index in [4.69, 9.17) is 15.2 Å². The number of aromatic amines is 1. The number of carbonyl (C=O) groups is 2. The number of anilines is 1. The molecule has 0 bridgehead atoms. The number of nitrogens with zero attached hydrogens (tertiary/aromatic N) is 4. The Labute approximate surface area is 165 Å². The lowest BCUT2D eigenvalue weighted by molar-refractivity contribution is -0.138. The van der Waals surface area contributed by atoms with E-state index in [1.54, 1.807) is 17.0 Å². The van der Waals surface area contributed by atoms with E-state index in [1.807, 2.05) is 0 Å². The Morgan fingerprint density at radius 3 is 2.69 bits per heavy atom. The minimum atomic E-state index is -0.974. The van der Waals surface area contributed by atoms with Crippen LogP contribution in [0.2, 0.25) is 0 Å². The van der Waals surface area contributed by atoms with E-state index in [0.717, 1.165) is 4.68 Å². The summed E-state index contributed by atoms with van der Waals surface area (Å²) in [7, 11) is 3.06.